The van der Waals surface area contributed by atoms with E-state index in [0.717, 1.165) is 55.1 Å². The van der Waals surface area contributed by atoms with Crippen molar-refractivity contribution in [2.45, 2.75) is 95.8 Å². The van der Waals surface area contributed by atoms with Crippen LogP contribution in [0.25, 0.3) is 0 Å². The Kier molecular flexibility index (Phi) is 8.85. The predicted molar refractivity (Wildman–Crippen MR) is 117 cm³/mol. The quantitative estimate of drug-likeness (QED) is 0.211. The molecule has 0 saturated heterocycles. The second-order valence-electron chi connectivity index (χ2n) is 9.65. The van der Waals surface area contributed by atoms with Crippen molar-refractivity contribution in [3.63, 3.8) is 0 Å². The van der Waals surface area contributed by atoms with Crippen LogP contribution in [0.5, 0.6) is 5.75 Å². The van der Waals surface area contributed by atoms with Crippen LogP contribution in [0.2, 0.25) is 0 Å². The van der Waals surface area contributed by atoms with E-state index in [4.69, 9.17) is 0 Å². The highest BCUT2D eigenvalue weighted by Gasteiger charge is 2.32. The lowest BCUT2D eigenvalue weighted by molar-refractivity contribution is -0.275. The minimum Gasteiger partial charge on any atom is -0.403 e. The van der Waals surface area contributed by atoms with Crippen molar-refractivity contribution in [1.82, 2.24) is 0 Å². The Labute approximate surface area is 184 Å². The van der Waals surface area contributed by atoms with Gasteiger partial charge in [-0.1, -0.05) is 50.7 Å². The van der Waals surface area contributed by atoms with Crippen molar-refractivity contribution in [1.29, 1.82) is 0 Å². The molecule has 0 atom stereocenters. The molecule has 1 aromatic rings. The Morgan fingerprint density at radius 2 is 1.42 bits per heavy atom. The zero-order valence-corrected chi connectivity index (χ0v) is 18.4. The highest BCUT2D eigenvalue weighted by Crippen LogP contribution is 2.40. The normalized spacial score (nSPS) is 27.1. The van der Waals surface area contributed by atoms with Crippen molar-refractivity contribution >= 4 is 0 Å². The molecule has 0 bridgehead atoms. The molecule has 2 saturated carbocycles. The maximum Gasteiger partial charge on any atom is 0.573 e. The first kappa shape index (κ1) is 24.1. The molecule has 0 amide bonds. The summed E-state index contributed by atoms with van der Waals surface area (Å²) in [4.78, 5) is 0. The van der Waals surface area contributed by atoms with Gasteiger partial charge in [0.25, 0.3) is 0 Å². The molecule has 0 radical (unpaired) electrons. The van der Waals surface area contributed by atoms with Gasteiger partial charge in [0.05, 0.1) is 0 Å². The molecule has 0 unspecified atom stereocenters. The Hall–Kier alpha value is -1.52. The third-order valence-corrected chi connectivity index (χ3v) is 7.44. The fraction of sp³-hybridized carbons (Fsp3) is 0.692. The van der Waals surface area contributed by atoms with E-state index in [0.29, 0.717) is 0 Å². The second-order valence-corrected chi connectivity index (χ2v) is 9.65. The maximum atomic E-state index is 14.0. The number of unbranched alkanes of at least 4 members (excludes halogenated alkanes) is 1. The average molecular weight is 441 g/mol. The van der Waals surface area contributed by atoms with Crippen molar-refractivity contribution in [3.05, 3.63) is 42.2 Å². The Bertz CT molecular complexity index is 683. The molecule has 0 spiro atoms. The van der Waals surface area contributed by atoms with Crippen LogP contribution in [-0.2, 0) is 0 Å². The van der Waals surface area contributed by atoms with E-state index >= 15 is 0 Å². The lowest BCUT2D eigenvalue weighted by atomic mass is 9.76. The number of hydrogen-bond acceptors (Lipinski definition) is 1. The van der Waals surface area contributed by atoms with Gasteiger partial charge in [-0.25, -0.2) is 4.39 Å². The molecule has 2 fully saturated rings. The van der Waals surface area contributed by atoms with E-state index in [9.17, 15) is 17.6 Å². The van der Waals surface area contributed by atoms with Gasteiger partial charge in [-0.15, -0.1) is 19.8 Å². The summed E-state index contributed by atoms with van der Waals surface area (Å²) >= 11 is 0. The first-order valence-electron chi connectivity index (χ1n) is 12.0. The van der Waals surface area contributed by atoms with E-state index in [1.165, 1.54) is 63.9 Å². The molecule has 0 N–H and O–H groups in total. The molecule has 0 aromatic heterocycles. The third kappa shape index (κ3) is 7.84. The van der Waals surface area contributed by atoms with E-state index in [1.54, 1.807) is 6.07 Å². The van der Waals surface area contributed by atoms with Crippen LogP contribution in [0.15, 0.2) is 30.9 Å². The molecule has 1 nitrogen and oxygen atoms in total. The second kappa shape index (κ2) is 11.4. The first-order chi connectivity index (χ1) is 14.8. The van der Waals surface area contributed by atoms with Gasteiger partial charge in [0.1, 0.15) is 0 Å². The van der Waals surface area contributed by atoms with E-state index in [2.05, 4.69) is 17.4 Å². The molecule has 0 heterocycles. The molecule has 1 aromatic carbocycles. The molecule has 31 heavy (non-hydrogen) atoms. The highest BCUT2D eigenvalue weighted by molar-refractivity contribution is 5.31. The molecular formula is C26H36F4O. The van der Waals surface area contributed by atoms with E-state index in [1.807, 2.05) is 0 Å². The predicted octanol–water partition coefficient (Wildman–Crippen LogP) is 8.94. The number of ether oxygens (including phenoxy) is 1. The standard InChI is InChI=1S/C26H36F4O/c1-2-5-19-8-10-20(11-9-19)6-3-4-7-21-12-14-22(15-13-21)23-16-17-25(24(27)18-23)31-26(28,29)30/h2,16-22H,1,3-15H2/t19-,20-,21?,22?. The van der Waals surface area contributed by atoms with Crippen LogP contribution >= 0.6 is 0 Å². The van der Waals surface area contributed by atoms with Gasteiger partial charge in [0.15, 0.2) is 11.6 Å². The molecule has 174 valence electrons. The minimum absolute atomic E-state index is 0.233. The molecule has 2 aliphatic rings. The summed E-state index contributed by atoms with van der Waals surface area (Å²) in [5.74, 6) is 1.06. The zero-order valence-electron chi connectivity index (χ0n) is 18.4. The van der Waals surface area contributed by atoms with Crippen LogP contribution in [0.1, 0.15) is 95.0 Å². The number of allylic oxidation sites excluding steroid dienone is 1. The van der Waals surface area contributed by atoms with Gasteiger partial charge in [-0.3, -0.25) is 0 Å². The van der Waals surface area contributed by atoms with E-state index < -0.39 is 17.9 Å². The highest BCUT2D eigenvalue weighted by atomic mass is 19.4. The molecule has 0 aliphatic heterocycles. The van der Waals surface area contributed by atoms with Crippen LogP contribution in [0.4, 0.5) is 17.6 Å². The summed E-state index contributed by atoms with van der Waals surface area (Å²) in [5, 5.41) is 0. The van der Waals surface area contributed by atoms with Crippen molar-refractivity contribution in [3.8, 4) is 5.75 Å². The van der Waals surface area contributed by atoms with Gasteiger partial charge in [0.2, 0.25) is 0 Å². The number of benzene rings is 1. The van der Waals surface area contributed by atoms with Gasteiger partial charge < -0.3 is 4.74 Å². The topological polar surface area (TPSA) is 9.23 Å². The lowest BCUT2D eigenvalue weighted by Gasteiger charge is -2.30. The lowest BCUT2D eigenvalue weighted by Crippen LogP contribution is -2.18. The summed E-state index contributed by atoms with van der Waals surface area (Å²) in [6.07, 6.45) is 13.3. The van der Waals surface area contributed by atoms with Crippen LogP contribution in [0.3, 0.4) is 0 Å². The summed E-state index contributed by atoms with van der Waals surface area (Å²) < 4.78 is 54.6. The fourth-order valence-electron chi connectivity index (χ4n) is 5.62. The summed E-state index contributed by atoms with van der Waals surface area (Å²) in [7, 11) is 0. The number of hydrogen-bond donors (Lipinski definition) is 0. The van der Waals surface area contributed by atoms with E-state index in [-0.39, 0.29) is 5.92 Å². The van der Waals surface area contributed by atoms with Gasteiger partial charge in [-0.05, 0) is 86.3 Å². The van der Waals surface area contributed by atoms with Gasteiger partial charge >= 0.3 is 6.36 Å². The monoisotopic (exact) mass is 440 g/mol. The molecular weight excluding hydrogens is 404 g/mol. The van der Waals surface area contributed by atoms with Gasteiger partial charge in [0, 0.05) is 0 Å². The molecule has 2 aliphatic carbocycles. The number of halogens is 4. The largest absolute Gasteiger partial charge is 0.573 e. The smallest absolute Gasteiger partial charge is 0.403 e. The minimum atomic E-state index is -4.87. The zero-order chi connectivity index (χ0) is 22.3. The Morgan fingerprint density at radius 3 is 1.94 bits per heavy atom. The molecule has 3 rings (SSSR count). The summed E-state index contributed by atoms with van der Waals surface area (Å²) in [6, 6.07) is 3.91. The fourth-order valence-corrected chi connectivity index (χ4v) is 5.62. The third-order valence-electron chi connectivity index (χ3n) is 7.44. The van der Waals surface area contributed by atoms with Crippen LogP contribution < -0.4 is 4.74 Å². The average Bonchev–Trinajstić information content (AvgIpc) is 2.74. The van der Waals surface area contributed by atoms with Crippen molar-refractivity contribution < 1.29 is 22.3 Å². The summed E-state index contributed by atoms with van der Waals surface area (Å²) in [6.45, 7) is 3.86. The summed E-state index contributed by atoms with van der Waals surface area (Å²) in [5.41, 5.74) is 0.789. The Balaban J connectivity index is 1.33. The SMILES string of the molecule is C=CC[C@H]1CC[C@H](CCCCC2CCC(c3ccc(OC(F)(F)F)c(F)c3)CC2)CC1. The number of rotatable bonds is 9. The van der Waals surface area contributed by atoms with Crippen LogP contribution in [0, 0.1) is 23.6 Å². The Morgan fingerprint density at radius 1 is 0.871 bits per heavy atom. The molecule has 5 heteroatoms. The van der Waals surface area contributed by atoms with Crippen molar-refractivity contribution in [2.24, 2.45) is 17.8 Å². The maximum absolute atomic E-state index is 14.0. The first-order valence-corrected chi connectivity index (χ1v) is 12.0. The van der Waals surface area contributed by atoms with Crippen molar-refractivity contribution in [2.75, 3.05) is 0 Å². The van der Waals surface area contributed by atoms with Crippen LogP contribution in [-0.4, -0.2) is 6.36 Å². The number of alkyl halides is 3. The van der Waals surface area contributed by atoms with Gasteiger partial charge in [-0.2, -0.15) is 0 Å².